The molecular weight excluding hydrogens is 236 g/mol. The number of nitrogens with one attached hydrogen (secondary N) is 1. The monoisotopic (exact) mass is 260 g/mol. The average Bonchev–Trinajstić information content (AvgIpc) is 2.64. The highest BCUT2D eigenvalue weighted by molar-refractivity contribution is 5.86. The van der Waals surface area contributed by atoms with Gasteiger partial charge in [-0.05, 0) is 64.0 Å². The molecular formula is C16H24N2O. The molecule has 0 bridgehead atoms. The maximum Gasteiger partial charge on any atom is 0.120 e. The Balaban J connectivity index is 2.41. The minimum atomic E-state index is 0.715. The second kappa shape index (κ2) is 6.11. The molecule has 0 atom stereocenters. The standard InChI is InChI=1S/C16H24N2O/c1-5-19-13-8-9-16-15(11-13)14(7-6-10-17-3)12(2)18(16)4/h8-9,11,17H,5-7,10H2,1-4H3. The van der Waals surface area contributed by atoms with Gasteiger partial charge in [-0.2, -0.15) is 0 Å². The molecule has 1 aromatic carbocycles. The van der Waals surface area contributed by atoms with Gasteiger partial charge in [0.25, 0.3) is 0 Å². The zero-order valence-corrected chi connectivity index (χ0v) is 12.4. The van der Waals surface area contributed by atoms with Crippen molar-refractivity contribution in [2.45, 2.75) is 26.7 Å². The number of benzene rings is 1. The van der Waals surface area contributed by atoms with E-state index >= 15 is 0 Å². The van der Waals surface area contributed by atoms with Crippen molar-refractivity contribution < 1.29 is 4.74 Å². The quantitative estimate of drug-likeness (QED) is 0.808. The zero-order valence-electron chi connectivity index (χ0n) is 12.4. The summed E-state index contributed by atoms with van der Waals surface area (Å²) in [5, 5.41) is 4.55. The lowest BCUT2D eigenvalue weighted by Gasteiger charge is -2.04. The molecule has 2 aromatic rings. The molecule has 0 aliphatic rings. The smallest absolute Gasteiger partial charge is 0.120 e. The minimum Gasteiger partial charge on any atom is -0.494 e. The molecule has 0 aliphatic carbocycles. The molecule has 0 radical (unpaired) electrons. The highest BCUT2D eigenvalue weighted by Gasteiger charge is 2.12. The number of fused-ring (bicyclic) bond motifs is 1. The van der Waals surface area contributed by atoms with Crippen LogP contribution in [0.4, 0.5) is 0 Å². The predicted octanol–water partition coefficient (Wildman–Crippen LogP) is 3.04. The van der Waals surface area contributed by atoms with Crippen LogP contribution < -0.4 is 10.1 Å². The van der Waals surface area contributed by atoms with Crippen molar-refractivity contribution in [2.24, 2.45) is 7.05 Å². The number of hydrogen-bond donors (Lipinski definition) is 1. The summed E-state index contributed by atoms with van der Waals surface area (Å²) >= 11 is 0. The average molecular weight is 260 g/mol. The predicted molar refractivity (Wildman–Crippen MR) is 81.1 cm³/mol. The molecule has 104 valence electrons. The molecule has 0 saturated heterocycles. The van der Waals surface area contributed by atoms with Gasteiger partial charge in [-0.25, -0.2) is 0 Å². The third kappa shape index (κ3) is 2.76. The lowest BCUT2D eigenvalue weighted by molar-refractivity contribution is 0.340. The van der Waals surface area contributed by atoms with E-state index in [0.717, 1.165) is 25.1 Å². The lowest BCUT2D eigenvalue weighted by Crippen LogP contribution is -2.08. The van der Waals surface area contributed by atoms with Gasteiger partial charge in [0, 0.05) is 23.6 Å². The summed E-state index contributed by atoms with van der Waals surface area (Å²) < 4.78 is 7.90. The van der Waals surface area contributed by atoms with E-state index in [0.29, 0.717) is 6.61 Å². The van der Waals surface area contributed by atoms with Crippen LogP contribution in [0.3, 0.4) is 0 Å². The number of aromatic nitrogens is 1. The summed E-state index contributed by atoms with van der Waals surface area (Å²) in [6.45, 7) is 6.00. The highest BCUT2D eigenvalue weighted by atomic mass is 16.5. The van der Waals surface area contributed by atoms with E-state index in [-0.39, 0.29) is 0 Å². The molecule has 0 spiro atoms. The molecule has 1 N–H and O–H groups in total. The van der Waals surface area contributed by atoms with Crippen LogP contribution in [0, 0.1) is 6.92 Å². The Morgan fingerprint density at radius 2 is 2.11 bits per heavy atom. The fourth-order valence-corrected chi connectivity index (χ4v) is 2.64. The summed E-state index contributed by atoms with van der Waals surface area (Å²) in [7, 11) is 4.14. The Morgan fingerprint density at radius 1 is 1.32 bits per heavy atom. The van der Waals surface area contributed by atoms with Crippen LogP contribution in [-0.2, 0) is 13.5 Å². The molecule has 19 heavy (non-hydrogen) atoms. The van der Waals surface area contributed by atoms with Crippen molar-refractivity contribution >= 4 is 10.9 Å². The summed E-state index contributed by atoms with van der Waals surface area (Å²) in [5.41, 5.74) is 4.11. The van der Waals surface area contributed by atoms with E-state index in [9.17, 15) is 0 Å². The van der Waals surface area contributed by atoms with E-state index in [1.54, 1.807) is 0 Å². The largest absolute Gasteiger partial charge is 0.494 e. The first-order valence-corrected chi connectivity index (χ1v) is 7.04. The molecule has 0 fully saturated rings. The van der Waals surface area contributed by atoms with Crippen LogP contribution in [0.15, 0.2) is 18.2 Å². The molecule has 3 heteroatoms. The molecule has 2 rings (SSSR count). The van der Waals surface area contributed by atoms with Crippen molar-refractivity contribution in [2.75, 3.05) is 20.2 Å². The first-order valence-electron chi connectivity index (χ1n) is 7.04. The van der Waals surface area contributed by atoms with Gasteiger partial charge < -0.3 is 14.6 Å². The van der Waals surface area contributed by atoms with Crippen LogP contribution in [-0.4, -0.2) is 24.8 Å². The topological polar surface area (TPSA) is 26.2 Å². The summed E-state index contributed by atoms with van der Waals surface area (Å²) in [5.74, 6) is 0.968. The van der Waals surface area contributed by atoms with Crippen LogP contribution in [0.5, 0.6) is 5.75 Å². The minimum absolute atomic E-state index is 0.715. The maximum atomic E-state index is 5.62. The molecule has 3 nitrogen and oxygen atoms in total. The van der Waals surface area contributed by atoms with E-state index in [1.807, 2.05) is 14.0 Å². The number of rotatable bonds is 6. The molecule has 0 amide bonds. The van der Waals surface area contributed by atoms with Gasteiger partial charge in [0.1, 0.15) is 5.75 Å². The van der Waals surface area contributed by atoms with Gasteiger partial charge in [-0.15, -0.1) is 0 Å². The van der Waals surface area contributed by atoms with E-state index in [4.69, 9.17) is 4.74 Å². The van der Waals surface area contributed by atoms with Crippen molar-refractivity contribution in [3.05, 3.63) is 29.5 Å². The van der Waals surface area contributed by atoms with Crippen LogP contribution >= 0.6 is 0 Å². The van der Waals surface area contributed by atoms with Gasteiger partial charge >= 0.3 is 0 Å². The van der Waals surface area contributed by atoms with E-state index < -0.39 is 0 Å². The number of ether oxygens (including phenoxy) is 1. The van der Waals surface area contributed by atoms with Crippen molar-refractivity contribution in [1.29, 1.82) is 0 Å². The van der Waals surface area contributed by atoms with Crippen molar-refractivity contribution in [3.8, 4) is 5.75 Å². The van der Waals surface area contributed by atoms with Crippen LogP contribution in [0.1, 0.15) is 24.6 Å². The van der Waals surface area contributed by atoms with Gasteiger partial charge in [0.2, 0.25) is 0 Å². The van der Waals surface area contributed by atoms with Gasteiger partial charge in [0.05, 0.1) is 6.61 Å². The molecule has 0 unspecified atom stereocenters. The van der Waals surface area contributed by atoms with Crippen molar-refractivity contribution in [3.63, 3.8) is 0 Å². The summed E-state index contributed by atoms with van der Waals surface area (Å²) in [4.78, 5) is 0. The summed E-state index contributed by atoms with van der Waals surface area (Å²) in [6.07, 6.45) is 2.27. The second-order valence-electron chi connectivity index (χ2n) is 4.94. The summed E-state index contributed by atoms with van der Waals surface area (Å²) in [6, 6.07) is 6.40. The number of nitrogens with zero attached hydrogens (tertiary/aromatic N) is 1. The Morgan fingerprint density at radius 3 is 2.79 bits per heavy atom. The normalized spacial score (nSPS) is 11.2. The Kier molecular flexibility index (Phi) is 4.48. The van der Waals surface area contributed by atoms with Crippen LogP contribution in [0.2, 0.25) is 0 Å². The van der Waals surface area contributed by atoms with Crippen LogP contribution in [0.25, 0.3) is 10.9 Å². The lowest BCUT2D eigenvalue weighted by atomic mass is 10.1. The third-order valence-corrected chi connectivity index (χ3v) is 3.76. The van der Waals surface area contributed by atoms with Crippen molar-refractivity contribution in [1.82, 2.24) is 9.88 Å². The van der Waals surface area contributed by atoms with Gasteiger partial charge in [-0.3, -0.25) is 0 Å². The first kappa shape index (κ1) is 13.9. The Bertz CT molecular complexity index is 557. The Hall–Kier alpha value is -1.48. The SMILES string of the molecule is CCOc1ccc2c(c1)c(CCCNC)c(C)n2C. The number of aryl methyl sites for hydroxylation is 2. The molecule has 0 saturated carbocycles. The van der Waals surface area contributed by atoms with E-state index in [1.165, 1.54) is 22.2 Å². The zero-order chi connectivity index (χ0) is 13.8. The highest BCUT2D eigenvalue weighted by Crippen LogP contribution is 2.29. The fraction of sp³-hybridized carbons (Fsp3) is 0.500. The van der Waals surface area contributed by atoms with Gasteiger partial charge in [0.15, 0.2) is 0 Å². The molecule has 1 heterocycles. The molecule has 1 aromatic heterocycles. The number of hydrogen-bond acceptors (Lipinski definition) is 2. The second-order valence-corrected chi connectivity index (χ2v) is 4.94. The fourth-order valence-electron chi connectivity index (χ4n) is 2.64. The first-order chi connectivity index (χ1) is 9.19. The maximum absolute atomic E-state index is 5.62. The van der Waals surface area contributed by atoms with Gasteiger partial charge in [-0.1, -0.05) is 0 Å². The Labute approximate surface area is 115 Å². The molecule has 0 aliphatic heterocycles. The van der Waals surface area contributed by atoms with E-state index in [2.05, 4.69) is 42.1 Å². The third-order valence-electron chi connectivity index (χ3n) is 3.76.